The predicted octanol–water partition coefficient (Wildman–Crippen LogP) is 4.69. The van der Waals surface area contributed by atoms with Crippen LogP contribution in [0.1, 0.15) is 47.4 Å². The van der Waals surface area contributed by atoms with Gasteiger partial charge in [0.1, 0.15) is 17.3 Å². The van der Waals surface area contributed by atoms with E-state index in [1.165, 1.54) is 0 Å². The number of methoxy groups -OCH3 is 1. The van der Waals surface area contributed by atoms with E-state index in [-0.39, 0.29) is 5.56 Å². The van der Waals surface area contributed by atoms with Crippen LogP contribution >= 0.6 is 0 Å². The van der Waals surface area contributed by atoms with Crippen molar-refractivity contribution in [2.24, 2.45) is 0 Å². The molecule has 1 aliphatic rings. The summed E-state index contributed by atoms with van der Waals surface area (Å²) < 4.78 is 51.5. The molecule has 1 unspecified atom stereocenters. The third-order valence-corrected chi connectivity index (χ3v) is 5.77. The lowest BCUT2D eigenvalue weighted by atomic mass is 9.90. The van der Waals surface area contributed by atoms with Crippen molar-refractivity contribution >= 4 is 12.2 Å². The third kappa shape index (κ3) is 3.95. The molecule has 0 bridgehead atoms. The van der Waals surface area contributed by atoms with Crippen LogP contribution in [-0.2, 0) is 6.54 Å². The van der Waals surface area contributed by atoms with Gasteiger partial charge < -0.3 is 9.30 Å². The predicted molar refractivity (Wildman–Crippen MR) is 119 cm³/mol. The zero-order chi connectivity index (χ0) is 23.8. The van der Waals surface area contributed by atoms with E-state index in [0.717, 1.165) is 23.5 Å². The number of hydrogen-bond acceptors (Lipinski definition) is 5. The van der Waals surface area contributed by atoms with Gasteiger partial charge in [-0.3, -0.25) is 0 Å². The minimum absolute atomic E-state index is 0.305. The summed E-state index contributed by atoms with van der Waals surface area (Å²) in [6.45, 7) is 2.46. The van der Waals surface area contributed by atoms with Crippen molar-refractivity contribution in [3.8, 4) is 11.6 Å². The second kappa shape index (κ2) is 8.77. The molecule has 0 radical (unpaired) electrons. The van der Waals surface area contributed by atoms with E-state index < -0.39 is 23.4 Å². The average molecular weight is 466 g/mol. The highest BCUT2D eigenvalue weighted by Crippen LogP contribution is 2.36. The molecule has 174 valence electrons. The Kier molecular flexibility index (Phi) is 5.64. The second-order valence-corrected chi connectivity index (χ2v) is 8.02. The fourth-order valence-corrected chi connectivity index (χ4v) is 4.18. The lowest BCUT2D eigenvalue weighted by Gasteiger charge is -2.23. The molecule has 1 atom stereocenters. The Hall–Kier alpha value is -3.95. The van der Waals surface area contributed by atoms with Crippen LogP contribution in [0, 0.1) is 24.4 Å². The van der Waals surface area contributed by atoms with E-state index in [9.17, 15) is 13.2 Å². The number of ether oxygens (including phenoxy) is 1. The number of benzene rings is 1. The molecule has 0 spiro atoms. The summed E-state index contributed by atoms with van der Waals surface area (Å²) in [4.78, 5) is 13.2. The lowest BCUT2D eigenvalue weighted by Crippen LogP contribution is -2.20. The molecular weight excluding hydrogens is 445 g/mol. The van der Waals surface area contributed by atoms with Crippen molar-refractivity contribution in [2.75, 3.05) is 7.11 Å². The van der Waals surface area contributed by atoms with Crippen LogP contribution in [0.15, 0.2) is 36.8 Å². The third-order valence-electron chi connectivity index (χ3n) is 5.77. The molecule has 1 aliphatic heterocycles. The van der Waals surface area contributed by atoms with Gasteiger partial charge >= 0.3 is 0 Å². The van der Waals surface area contributed by atoms with Gasteiger partial charge in [-0.15, -0.1) is 0 Å². The van der Waals surface area contributed by atoms with Crippen LogP contribution in [0.25, 0.3) is 17.8 Å². The molecule has 0 amide bonds. The van der Waals surface area contributed by atoms with E-state index in [2.05, 4.69) is 20.1 Å². The number of hydrogen-bond donors (Lipinski definition) is 0. The van der Waals surface area contributed by atoms with Gasteiger partial charge in [-0.2, -0.15) is 5.10 Å². The fraction of sp³-hybridized carbons (Fsp3) is 0.250. The van der Waals surface area contributed by atoms with Crippen molar-refractivity contribution in [1.29, 1.82) is 0 Å². The van der Waals surface area contributed by atoms with Crippen LogP contribution in [0.2, 0.25) is 0 Å². The average Bonchev–Trinajstić information content (AvgIpc) is 3.46. The van der Waals surface area contributed by atoms with Crippen LogP contribution in [-0.4, -0.2) is 36.4 Å². The molecule has 10 heteroatoms. The van der Waals surface area contributed by atoms with Gasteiger partial charge in [-0.25, -0.2) is 32.8 Å². The monoisotopic (exact) mass is 466 g/mol. The number of fused-ring (bicyclic) bond motifs is 1. The number of aryl methyl sites for hydroxylation is 2. The Morgan fingerprint density at radius 1 is 1.06 bits per heavy atom. The van der Waals surface area contributed by atoms with E-state index in [0.29, 0.717) is 42.6 Å². The Morgan fingerprint density at radius 3 is 2.65 bits per heavy atom. The zero-order valence-electron chi connectivity index (χ0n) is 18.5. The summed E-state index contributed by atoms with van der Waals surface area (Å²) in [6, 6.07) is 5.41. The topological polar surface area (TPSA) is 70.7 Å². The largest absolute Gasteiger partial charge is 0.479 e. The molecule has 34 heavy (non-hydrogen) atoms. The van der Waals surface area contributed by atoms with Crippen LogP contribution in [0.5, 0.6) is 5.88 Å². The van der Waals surface area contributed by atoms with E-state index in [1.54, 1.807) is 30.3 Å². The first kappa shape index (κ1) is 21.9. The molecular formula is C24H21F3N6O. The van der Waals surface area contributed by atoms with Crippen molar-refractivity contribution in [3.63, 3.8) is 0 Å². The Labute approximate surface area is 193 Å². The minimum atomic E-state index is -1.18. The normalized spacial score (nSPS) is 15.6. The first-order valence-corrected chi connectivity index (χ1v) is 10.8. The number of aromatic nitrogens is 6. The number of pyridine rings is 1. The van der Waals surface area contributed by atoms with Crippen molar-refractivity contribution in [2.45, 2.75) is 32.2 Å². The quantitative estimate of drug-likeness (QED) is 0.399. The van der Waals surface area contributed by atoms with Crippen molar-refractivity contribution in [1.82, 2.24) is 29.3 Å². The highest BCUT2D eigenvalue weighted by molar-refractivity contribution is 5.65. The van der Waals surface area contributed by atoms with E-state index >= 15 is 0 Å². The number of halogens is 3. The maximum Gasteiger partial charge on any atom is 0.238 e. The summed E-state index contributed by atoms with van der Waals surface area (Å²) >= 11 is 0. The fourth-order valence-electron chi connectivity index (χ4n) is 4.18. The smallest absolute Gasteiger partial charge is 0.238 e. The molecule has 0 saturated carbocycles. The van der Waals surface area contributed by atoms with Gasteiger partial charge in [0.05, 0.1) is 24.8 Å². The zero-order valence-corrected chi connectivity index (χ0v) is 18.5. The SMILES string of the molecule is COc1nc(/C=C/c2nc3n(n2)CCCC3c2c(F)ccc(F)c2F)ccc1-n1cnc(C)c1. The molecule has 4 aromatic rings. The highest BCUT2D eigenvalue weighted by atomic mass is 19.2. The molecule has 5 rings (SSSR count). The summed E-state index contributed by atoms with van der Waals surface area (Å²) in [5, 5.41) is 4.44. The summed E-state index contributed by atoms with van der Waals surface area (Å²) in [5.74, 6) is -2.56. The second-order valence-electron chi connectivity index (χ2n) is 8.02. The van der Waals surface area contributed by atoms with Gasteiger partial charge in [0.25, 0.3) is 0 Å². The maximum absolute atomic E-state index is 14.4. The van der Waals surface area contributed by atoms with E-state index in [4.69, 9.17) is 4.74 Å². The Balaban J connectivity index is 1.44. The standard InChI is InChI=1S/C24H21F3N6O/c1-14-12-32(13-28-14)19-9-5-15(29-24(19)34-2)6-10-20-30-23-16(4-3-11-33(23)31-20)21-17(25)7-8-18(26)22(21)27/h5-10,12-13,16H,3-4,11H2,1-2H3/b10-6+. The Bertz CT molecular complexity index is 1390. The van der Waals surface area contributed by atoms with Gasteiger partial charge in [0.15, 0.2) is 17.5 Å². The summed E-state index contributed by atoms with van der Waals surface area (Å²) in [6.07, 6.45) is 8.05. The van der Waals surface area contributed by atoms with Gasteiger partial charge in [-0.1, -0.05) is 0 Å². The van der Waals surface area contributed by atoms with Crippen molar-refractivity contribution in [3.05, 3.63) is 82.8 Å². The van der Waals surface area contributed by atoms with Crippen molar-refractivity contribution < 1.29 is 17.9 Å². The number of imidazole rings is 1. The van der Waals surface area contributed by atoms with E-state index in [1.807, 2.05) is 29.8 Å². The number of rotatable bonds is 5. The summed E-state index contributed by atoms with van der Waals surface area (Å²) in [7, 11) is 1.54. The van der Waals surface area contributed by atoms with Crippen LogP contribution in [0.3, 0.4) is 0 Å². The molecule has 7 nitrogen and oxygen atoms in total. The minimum Gasteiger partial charge on any atom is -0.479 e. The maximum atomic E-state index is 14.4. The van der Waals surface area contributed by atoms with Gasteiger partial charge in [0.2, 0.25) is 5.88 Å². The number of nitrogens with zero attached hydrogens (tertiary/aromatic N) is 6. The van der Waals surface area contributed by atoms with Gasteiger partial charge in [-0.05, 0) is 56.2 Å². The molecule has 1 aromatic carbocycles. The van der Waals surface area contributed by atoms with Crippen LogP contribution < -0.4 is 4.74 Å². The molecule has 3 aromatic heterocycles. The summed E-state index contributed by atoms with van der Waals surface area (Å²) in [5.41, 5.74) is 1.93. The molecule has 0 aliphatic carbocycles. The highest BCUT2D eigenvalue weighted by Gasteiger charge is 2.31. The molecule has 0 fully saturated rings. The van der Waals surface area contributed by atoms with Crippen LogP contribution in [0.4, 0.5) is 13.2 Å². The molecule has 0 saturated heterocycles. The van der Waals surface area contributed by atoms with Gasteiger partial charge in [0, 0.05) is 24.2 Å². The Morgan fingerprint density at radius 2 is 1.88 bits per heavy atom. The first-order valence-electron chi connectivity index (χ1n) is 10.8. The lowest BCUT2D eigenvalue weighted by molar-refractivity contribution is 0.395. The molecule has 4 heterocycles. The molecule has 0 N–H and O–H groups in total. The first-order chi connectivity index (χ1) is 16.4.